The maximum absolute atomic E-state index is 9.27. The number of hydrogen-bond donors (Lipinski definition) is 1. The van der Waals surface area contributed by atoms with Gasteiger partial charge in [-0.3, -0.25) is 0 Å². The lowest BCUT2D eigenvalue weighted by atomic mass is 10.0. The molecule has 0 saturated heterocycles. The molecule has 0 saturated carbocycles. The Labute approximate surface area is 75.2 Å². The van der Waals surface area contributed by atoms with Gasteiger partial charge in [0.1, 0.15) is 5.75 Å². The first-order valence-corrected chi connectivity index (χ1v) is 4.22. The molecule has 1 N–H and O–H groups in total. The first kappa shape index (κ1) is 8.60. The summed E-state index contributed by atoms with van der Waals surface area (Å²) >= 11 is 3.29. The van der Waals surface area contributed by atoms with Crippen LogP contribution in [-0.4, -0.2) is 5.11 Å². The van der Waals surface area contributed by atoms with Crippen LogP contribution >= 0.6 is 15.9 Å². The van der Waals surface area contributed by atoms with E-state index < -0.39 is 0 Å². The quantitative estimate of drug-likeness (QED) is 0.761. The molecule has 1 unspecified atom stereocenters. The minimum Gasteiger partial charge on any atom is -0.507 e. The molecule has 0 aliphatic rings. The fraction of sp³-hybridized carbons (Fsp3) is 0.222. The standard InChI is InChI=1S/C9H10BrO/c1-6(2)7-4-3-5-8(11)9(7)10/h3-6,11H,1H2,2H3. The van der Waals surface area contributed by atoms with E-state index in [2.05, 4.69) is 22.9 Å². The summed E-state index contributed by atoms with van der Waals surface area (Å²) in [6.45, 7) is 5.86. The number of hydrogen-bond acceptors (Lipinski definition) is 1. The van der Waals surface area contributed by atoms with Crippen molar-refractivity contribution in [3.63, 3.8) is 0 Å². The maximum atomic E-state index is 9.27. The van der Waals surface area contributed by atoms with Crippen molar-refractivity contribution in [3.8, 4) is 5.75 Å². The molecule has 0 spiro atoms. The van der Waals surface area contributed by atoms with E-state index in [1.807, 2.05) is 19.1 Å². The highest BCUT2D eigenvalue weighted by atomic mass is 79.9. The van der Waals surface area contributed by atoms with Gasteiger partial charge >= 0.3 is 0 Å². The van der Waals surface area contributed by atoms with E-state index in [1.165, 1.54) is 0 Å². The number of halogens is 1. The van der Waals surface area contributed by atoms with Gasteiger partial charge in [-0.15, -0.1) is 0 Å². The van der Waals surface area contributed by atoms with Gasteiger partial charge in [-0.05, 0) is 40.4 Å². The Balaban J connectivity index is 3.17. The van der Waals surface area contributed by atoms with Gasteiger partial charge in [0, 0.05) is 0 Å². The second-order valence-electron chi connectivity index (χ2n) is 2.58. The Morgan fingerprint density at radius 2 is 2.18 bits per heavy atom. The molecule has 1 aromatic rings. The highest BCUT2D eigenvalue weighted by Gasteiger charge is 2.06. The fourth-order valence-electron chi connectivity index (χ4n) is 0.918. The molecule has 0 aliphatic heterocycles. The largest absolute Gasteiger partial charge is 0.507 e. The molecule has 1 radical (unpaired) electrons. The lowest BCUT2D eigenvalue weighted by Gasteiger charge is -2.08. The first-order chi connectivity index (χ1) is 5.13. The average Bonchev–Trinajstić information content (AvgIpc) is 1.94. The van der Waals surface area contributed by atoms with Crippen LogP contribution in [0.1, 0.15) is 18.4 Å². The summed E-state index contributed by atoms with van der Waals surface area (Å²) in [4.78, 5) is 0. The molecule has 1 aromatic carbocycles. The van der Waals surface area contributed by atoms with E-state index in [9.17, 15) is 5.11 Å². The Morgan fingerprint density at radius 3 is 2.64 bits per heavy atom. The predicted octanol–water partition coefficient (Wildman–Crippen LogP) is 3.09. The summed E-state index contributed by atoms with van der Waals surface area (Å²) in [5, 5.41) is 9.27. The normalized spacial score (nSPS) is 10.5. The van der Waals surface area contributed by atoms with Crippen LogP contribution in [0.4, 0.5) is 0 Å². The topological polar surface area (TPSA) is 20.2 Å². The van der Waals surface area contributed by atoms with Crippen molar-refractivity contribution in [1.29, 1.82) is 0 Å². The van der Waals surface area contributed by atoms with Gasteiger partial charge in [0.2, 0.25) is 0 Å². The van der Waals surface area contributed by atoms with Crippen LogP contribution in [0.15, 0.2) is 22.7 Å². The van der Waals surface area contributed by atoms with Gasteiger partial charge in [-0.25, -0.2) is 0 Å². The molecule has 2 heteroatoms. The third kappa shape index (κ3) is 1.74. The molecule has 0 bridgehead atoms. The molecular formula is C9H10BrO. The number of phenolic OH excluding ortho intramolecular Hbond substituents is 1. The van der Waals surface area contributed by atoms with Crippen LogP contribution in [0.2, 0.25) is 0 Å². The van der Waals surface area contributed by atoms with E-state index in [4.69, 9.17) is 0 Å². The van der Waals surface area contributed by atoms with Crippen LogP contribution in [0.5, 0.6) is 5.75 Å². The lowest BCUT2D eigenvalue weighted by molar-refractivity contribution is 0.470. The van der Waals surface area contributed by atoms with E-state index in [0.29, 0.717) is 0 Å². The van der Waals surface area contributed by atoms with Gasteiger partial charge in [0.15, 0.2) is 0 Å². The highest BCUT2D eigenvalue weighted by Crippen LogP contribution is 2.31. The van der Waals surface area contributed by atoms with Gasteiger partial charge in [0.25, 0.3) is 0 Å². The summed E-state index contributed by atoms with van der Waals surface area (Å²) in [5.41, 5.74) is 1.03. The van der Waals surface area contributed by atoms with Crippen molar-refractivity contribution >= 4 is 15.9 Å². The minimum absolute atomic E-state index is 0.191. The molecule has 11 heavy (non-hydrogen) atoms. The van der Waals surface area contributed by atoms with Crippen LogP contribution in [0.3, 0.4) is 0 Å². The first-order valence-electron chi connectivity index (χ1n) is 3.43. The van der Waals surface area contributed by atoms with Gasteiger partial charge in [-0.2, -0.15) is 0 Å². The van der Waals surface area contributed by atoms with Crippen molar-refractivity contribution in [3.05, 3.63) is 35.2 Å². The molecule has 1 rings (SSSR count). The molecule has 0 heterocycles. The summed E-state index contributed by atoms with van der Waals surface area (Å²) < 4.78 is 0.752. The van der Waals surface area contributed by atoms with E-state index >= 15 is 0 Å². The minimum atomic E-state index is 0.191. The van der Waals surface area contributed by atoms with Crippen LogP contribution in [-0.2, 0) is 0 Å². The lowest BCUT2D eigenvalue weighted by Crippen LogP contribution is -1.88. The zero-order valence-corrected chi connectivity index (χ0v) is 7.93. The zero-order chi connectivity index (χ0) is 8.43. The van der Waals surface area contributed by atoms with Crippen LogP contribution in [0.25, 0.3) is 0 Å². The fourth-order valence-corrected chi connectivity index (χ4v) is 1.57. The molecule has 59 valence electrons. The average molecular weight is 214 g/mol. The van der Waals surface area contributed by atoms with Crippen molar-refractivity contribution in [2.24, 2.45) is 0 Å². The van der Waals surface area contributed by atoms with Crippen LogP contribution in [0, 0.1) is 6.92 Å². The Morgan fingerprint density at radius 1 is 1.55 bits per heavy atom. The monoisotopic (exact) mass is 213 g/mol. The summed E-state index contributed by atoms with van der Waals surface area (Å²) in [6, 6.07) is 5.41. The van der Waals surface area contributed by atoms with Crippen molar-refractivity contribution in [2.45, 2.75) is 12.8 Å². The molecule has 1 atom stereocenters. The van der Waals surface area contributed by atoms with Crippen LogP contribution < -0.4 is 0 Å². The number of rotatable bonds is 1. The summed E-state index contributed by atoms with van der Waals surface area (Å²) in [6.07, 6.45) is 0. The second-order valence-corrected chi connectivity index (χ2v) is 3.37. The smallest absolute Gasteiger partial charge is 0.130 e. The van der Waals surface area contributed by atoms with Gasteiger partial charge in [-0.1, -0.05) is 19.1 Å². The predicted molar refractivity (Wildman–Crippen MR) is 49.6 cm³/mol. The number of aromatic hydroxyl groups is 1. The summed E-state index contributed by atoms with van der Waals surface area (Å²) in [5.74, 6) is 0.467. The molecule has 0 amide bonds. The molecular weight excluding hydrogens is 204 g/mol. The molecule has 0 aliphatic carbocycles. The van der Waals surface area contributed by atoms with Crippen molar-refractivity contribution in [1.82, 2.24) is 0 Å². The second kappa shape index (κ2) is 3.26. The summed E-state index contributed by atoms with van der Waals surface area (Å²) in [7, 11) is 0. The number of benzene rings is 1. The third-order valence-corrected chi connectivity index (χ3v) is 2.40. The van der Waals surface area contributed by atoms with E-state index in [1.54, 1.807) is 6.07 Å². The molecule has 0 aromatic heterocycles. The highest BCUT2D eigenvalue weighted by molar-refractivity contribution is 9.10. The Hall–Kier alpha value is -0.500. The molecule has 1 nitrogen and oxygen atoms in total. The van der Waals surface area contributed by atoms with E-state index in [-0.39, 0.29) is 11.7 Å². The van der Waals surface area contributed by atoms with Gasteiger partial charge < -0.3 is 5.11 Å². The van der Waals surface area contributed by atoms with Gasteiger partial charge in [0.05, 0.1) is 4.47 Å². The number of phenols is 1. The van der Waals surface area contributed by atoms with E-state index in [0.717, 1.165) is 10.0 Å². The van der Waals surface area contributed by atoms with Crippen molar-refractivity contribution in [2.75, 3.05) is 0 Å². The Kier molecular flexibility index (Phi) is 2.55. The van der Waals surface area contributed by atoms with Crippen molar-refractivity contribution < 1.29 is 5.11 Å². The SMILES string of the molecule is [CH2]C(C)c1cccc(O)c1Br. The Bertz CT molecular complexity index is 256. The zero-order valence-electron chi connectivity index (χ0n) is 6.34. The third-order valence-electron chi connectivity index (χ3n) is 1.54. The maximum Gasteiger partial charge on any atom is 0.130 e. The molecule has 0 fully saturated rings.